The van der Waals surface area contributed by atoms with Gasteiger partial charge >= 0.3 is 0 Å². The molecule has 144 valence electrons. The summed E-state index contributed by atoms with van der Waals surface area (Å²) in [5.74, 6) is 0.643. The van der Waals surface area contributed by atoms with Crippen molar-refractivity contribution < 1.29 is 24.3 Å². The van der Waals surface area contributed by atoms with E-state index in [2.05, 4.69) is 17.8 Å². The maximum Gasteiger partial charge on any atom is 0.239 e. The maximum absolute atomic E-state index is 12.3. The van der Waals surface area contributed by atoms with Gasteiger partial charge in [0.2, 0.25) is 12.3 Å². The fourth-order valence-corrected chi connectivity index (χ4v) is 2.73. The van der Waals surface area contributed by atoms with Crippen molar-refractivity contribution in [2.45, 2.75) is 38.7 Å². The van der Waals surface area contributed by atoms with Crippen molar-refractivity contribution in [2.75, 3.05) is 19.7 Å². The molecule has 0 aromatic heterocycles. The van der Waals surface area contributed by atoms with Crippen molar-refractivity contribution in [1.29, 1.82) is 0 Å². The van der Waals surface area contributed by atoms with E-state index < -0.39 is 5.92 Å². The third-order valence-corrected chi connectivity index (χ3v) is 4.16. The molecular weight excluding hydrogens is 338 g/mol. The Morgan fingerprint density at radius 2 is 2.15 bits per heavy atom. The van der Waals surface area contributed by atoms with Crippen LogP contribution in [0, 0.1) is 5.92 Å². The predicted molar refractivity (Wildman–Crippen MR) is 94.7 cm³/mol. The van der Waals surface area contributed by atoms with Crippen molar-refractivity contribution in [1.82, 2.24) is 15.9 Å². The van der Waals surface area contributed by atoms with Crippen LogP contribution in [0.1, 0.15) is 32.6 Å². The second-order valence-electron chi connectivity index (χ2n) is 6.29. The van der Waals surface area contributed by atoms with Gasteiger partial charge in [-0.25, -0.2) is 10.5 Å². The zero-order valence-electron chi connectivity index (χ0n) is 15.0. The lowest BCUT2D eigenvalue weighted by atomic mass is 10.0. The quantitative estimate of drug-likeness (QED) is 0.238. The zero-order chi connectivity index (χ0) is 18.8. The number of hydrogen-bond acceptors (Lipinski definition) is 6. The standard InChI is InChI=1S/C18H27N3O5/c1-2-3-4-7-14(11-21(24)13-22)18(23)20-19-10-15-12-25-16-8-5-6-9-17(16)26-15/h5-6,8-9,13-15,19,24H,2-4,7,10-12H2,1H3,(H,20,23)/t14-,15?/m1/s1. The molecule has 1 aromatic rings. The van der Waals surface area contributed by atoms with E-state index in [0.717, 1.165) is 19.3 Å². The van der Waals surface area contributed by atoms with Gasteiger partial charge in [-0.1, -0.05) is 38.3 Å². The third-order valence-electron chi connectivity index (χ3n) is 4.16. The van der Waals surface area contributed by atoms with Gasteiger partial charge in [-0.05, 0) is 18.6 Å². The predicted octanol–water partition coefficient (Wildman–Crippen LogP) is 1.49. The summed E-state index contributed by atoms with van der Waals surface area (Å²) in [5, 5.41) is 9.89. The number of unbranched alkanes of at least 4 members (excludes halogenated alkanes) is 2. The fraction of sp³-hybridized carbons (Fsp3) is 0.556. The molecule has 1 aromatic carbocycles. The highest BCUT2D eigenvalue weighted by atomic mass is 16.6. The average Bonchev–Trinajstić information content (AvgIpc) is 2.67. The summed E-state index contributed by atoms with van der Waals surface area (Å²) in [6, 6.07) is 7.42. The molecule has 2 amide bonds. The largest absolute Gasteiger partial charge is 0.486 e. The minimum Gasteiger partial charge on any atom is -0.486 e. The van der Waals surface area contributed by atoms with Crippen molar-refractivity contribution in [3.8, 4) is 11.5 Å². The lowest BCUT2D eigenvalue weighted by Crippen LogP contribution is -2.49. The van der Waals surface area contributed by atoms with E-state index in [-0.39, 0.29) is 18.6 Å². The van der Waals surface area contributed by atoms with Gasteiger partial charge in [-0.15, -0.1) is 0 Å². The van der Waals surface area contributed by atoms with Crippen LogP contribution in [0.3, 0.4) is 0 Å². The van der Waals surface area contributed by atoms with Crippen LogP contribution in [-0.2, 0) is 9.59 Å². The molecule has 1 heterocycles. The summed E-state index contributed by atoms with van der Waals surface area (Å²) in [4.78, 5) is 22.9. The van der Waals surface area contributed by atoms with Gasteiger partial charge in [0.25, 0.3) is 0 Å². The van der Waals surface area contributed by atoms with E-state index in [1.807, 2.05) is 24.3 Å². The molecule has 0 saturated heterocycles. The van der Waals surface area contributed by atoms with E-state index in [4.69, 9.17) is 9.47 Å². The van der Waals surface area contributed by atoms with Gasteiger partial charge in [0, 0.05) is 0 Å². The molecular formula is C18H27N3O5. The molecule has 0 bridgehead atoms. The van der Waals surface area contributed by atoms with Gasteiger partial charge in [0.1, 0.15) is 12.7 Å². The Morgan fingerprint density at radius 1 is 1.38 bits per heavy atom. The molecule has 8 heteroatoms. The molecule has 0 spiro atoms. The van der Waals surface area contributed by atoms with Crippen LogP contribution >= 0.6 is 0 Å². The molecule has 0 fully saturated rings. The minimum absolute atomic E-state index is 0.0306. The molecule has 0 radical (unpaired) electrons. The number of ether oxygens (including phenoxy) is 2. The average molecular weight is 365 g/mol. The number of rotatable bonds is 11. The number of para-hydroxylation sites is 2. The number of benzene rings is 1. The Morgan fingerprint density at radius 3 is 2.88 bits per heavy atom. The van der Waals surface area contributed by atoms with E-state index in [9.17, 15) is 14.8 Å². The van der Waals surface area contributed by atoms with Crippen LogP contribution in [0.4, 0.5) is 0 Å². The number of carbonyl (C=O) groups excluding carboxylic acids is 2. The number of hydroxylamine groups is 2. The Kier molecular flexibility index (Phi) is 8.17. The molecule has 8 nitrogen and oxygen atoms in total. The van der Waals surface area contributed by atoms with E-state index in [1.165, 1.54) is 0 Å². The summed E-state index contributed by atoms with van der Waals surface area (Å²) in [5.41, 5.74) is 5.49. The highest BCUT2D eigenvalue weighted by Crippen LogP contribution is 2.30. The van der Waals surface area contributed by atoms with Crippen LogP contribution in [-0.4, -0.2) is 48.4 Å². The molecule has 1 unspecified atom stereocenters. The summed E-state index contributed by atoms with van der Waals surface area (Å²) >= 11 is 0. The first-order chi connectivity index (χ1) is 12.6. The van der Waals surface area contributed by atoms with Crippen molar-refractivity contribution in [2.24, 2.45) is 5.92 Å². The van der Waals surface area contributed by atoms with Gasteiger partial charge in [-0.2, -0.15) is 0 Å². The zero-order valence-corrected chi connectivity index (χ0v) is 15.0. The van der Waals surface area contributed by atoms with Crippen LogP contribution in [0.5, 0.6) is 11.5 Å². The van der Waals surface area contributed by atoms with Crippen LogP contribution < -0.4 is 20.3 Å². The lowest BCUT2D eigenvalue weighted by Gasteiger charge is -2.27. The Bertz CT molecular complexity index is 584. The number of hydrazine groups is 1. The van der Waals surface area contributed by atoms with E-state index in [0.29, 0.717) is 42.5 Å². The number of nitrogens with one attached hydrogen (secondary N) is 2. The number of nitrogens with zero attached hydrogens (tertiary/aromatic N) is 1. The summed E-state index contributed by atoms with van der Waals surface area (Å²) in [7, 11) is 0. The first-order valence-electron chi connectivity index (χ1n) is 8.96. The second kappa shape index (κ2) is 10.6. The Hall–Kier alpha value is -2.32. The van der Waals surface area contributed by atoms with Crippen molar-refractivity contribution >= 4 is 12.3 Å². The van der Waals surface area contributed by atoms with Gasteiger partial charge in [0.05, 0.1) is 19.0 Å². The molecule has 1 aliphatic rings. The number of amides is 2. The van der Waals surface area contributed by atoms with E-state index >= 15 is 0 Å². The lowest BCUT2D eigenvalue weighted by molar-refractivity contribution is -0.154. The molecule has 0 saturated carbocycles. The summed E-state index contributed by atoms with van der Waals surface area (Å²) in [6.45, 7) is 2.80. The highest BCUT2D eigenvalue weighted by molar-refractivity contribution is 5.78. The van der Waals surface area contributed by atoms with Crippen LogP contribution in [0.2, 0.25) is 0 Å². The van der Waals surface area contributed by atoms with Crippen molar-refractivity contribution in [3.05, 3.63) is 24.3 Å². The first kappa shape index (κ1) is 20.0. The Balaban J connectivity index is 1.77. The summed E-state index contributed by atoms with van der Waals surface area (Å²) in [6.07, 6.45) is 3.56. The van der Waals surface area contributed by atoms with Gasteiger partial charge < -0.3 is 9.47 Å². The number of hydrogen-bond donors (Lipinski definition) is 3. The monoisotopic (exact) mass is 365 g/mol. The normalized spacial score (nSPS) is 16.6. The highest BCUT2D eigenvalue weighted by Gasteiger charge is 2.23. The van der Waals surface area contributed by atoms with E-state index in [1.54, 1.807) is 0 Å². The topological polar surface area (TPSA) is 100 Å². The molecule has 3 N–H and O–H groups in total. The second-order valence-corrected chi connectivity index (χ2v) is 6.29. The first-order valence-corrected chi connectivity index (χ1v) is 8.96. The molecule has 26 heavy (non-hydrogen) atoms. The van der Waals surface area contributed by atoms with Gasteiger partial charge in [0.15, 0.2) is 11.5 Å². The third kappa shape index (κ3) is 6.20. The maximum atomic E-state index is 12.3. The molecule has 1 aliphatic heterocycles. The van der Waals surface area contributed by atoms with Crippen molar-refractivity contribution in [3.63, 3.8) is 0 Å². The fourth-order valence-electron chi connectivity index (χ4n) is 2.73. The number of carbonyl (C=O) groups is 2. The van der Waals surface area contributed by atoms with Crippen LogP contribution in [0.15, 0.2) is 24.3 Å². The molecule has 0 aliphatic carbocycles. The van der Waals surface area contributed by atoms with Crippen LogP contribution in [0.25, 0.3) is 0 Å². The SMILES string of the molecule is CCCCC[C@H](CN(O)C=O)C(=O)NNCC1COc2ccccc2O1. The Labute approximate surface area is 153 Å². The molecule has 2 rings (SSSR count). The summed E-state index contributed by atoms with van der Waals surface area (Å²) < 4.78 is 11.4. The molecule has 2 atom stereocenters. The van der Waals surface area contributed by atoms with Gasteiger partial charge in [-0.3, -0.25) is 20.2 Å². The number of fused-ring (bicyclic) bond motifs is 1. The smallest absolute Gasteiger partial charge is 0.239 e. The minimum atomic E-state index is -0.478.